The Morgan fingerprint density at radius 1 is 0.200 bits per heavy atom. The first-order valence-corrected chi connectivity index (χ1v) is 15.5. The van der Waals surface area contributed by atoms with Crippen molar-refractivity contribution in [2.45, 2.75) is 0 Å². The Bertz CT molecular complexity index is 2650. The molecular weight excluding hydrogens is 542 g/mol. The molecule has 0 N–H and O–H groups in total. The van der Waals surface area contributed by atoms with Gasteiger partial charge in [-0.05, 0) is 183 Å². The quantitative estimate of drug-likeness (QED) is 0.184. The van der Waals surface area contributed by atoms with E-state index in [-0.39, 0.29) is 0 Å². The van der Waals surface area contributed by atoms with Gasteiger partial charge >= 0.3 is 0 Å². The van der Waals surface area contributed by atoms with E-state index in [1.165, 1.54) is 86.2 Å². The molecule has 0 bridgehead atoms. The first-order chi connectivity index (χ1) is 22.2. The van der Waals surface area contributed by atoms with Gasteiger partial charge in [0, 0.05) is 0 Å². The van der Waals surface area contributed by atoms with E-state index in [0.717, 1.165) is 11.4 Å². The SMILES string of the molecule is c1ccc2cc3cc4cc5cc([N]c6ccc7cc8cc9cc%10ccccc%10cc9cc8cc7c6)ccc5cc4cc3cc2c1. The third-order valence-electron chi connectivity index (χ3n) is 9.46. The highest BCUT2D eigenvalue weighted by Gasteiger charge is 2.08. The molecule has 0 aliphatic rings. The second-order valence-corrected chi connectivity index (χ2v) is 12.4. The summed E-state index contributed by atoms with van der Waals surface area (Å²) in [5, 5.41) is 25.2. The van der Waals surface area contributed by atoms with Crippen LogP contribution in [0.4, 0.5) is 11.4 Å². The minimum absolute atomic E-state index is 0.964. The van der Waals surface area contributed by atoms with Crippen molar-refractivity contribution in [1.82, 2.24) is 5.32 Å². The Hall–Kier alpha value is -5.92. The molecule has 0 aromatic heterocycles. The standard InChI is InChI=1S/C44H26N/c1-3-7-29-15-35-21-39-23-41-25-43(11-9-31(41)17-37(39)19-33(35)13-27(29)5-1)45-44-12-10-32-18-38-20-34-14-28-6-2-4-8-30(28)16-36(34)22-40(38)24-42(32)26-44/h1-26H. The lowest BCUT2D eigenvalue weighted by molar-refractivity contribution is 1.20. The molecule has 0 saturated heterocycles. The lowest BCUT2D eigenvalue weighted by Gasteiger charge is -2.10. The molecule has 0 aliphatic carbocycles. The topological polar surface area (TPSA) is 14.1 Å². The molecule has 0 fully saturated rings. The average molecular weight is 569 g/mol. The zero-order valence-corrected chi connectivity index (χ0v) is 24.5. The lowest BCUT2D eigenvalue weighted by atomic mass is 9.97. The molecular formula is C44H26N. The van der Waals surface area contributed by atoms with Crippen LogP contribution in [0.5, 0.6) is 0 Å². The average Bonchev–Trinajstić information content (AvgIpc) is 3.06. The second-order valence-electron chi connectivity index (χ2n) is 12.4. The molecule has 1 heteroatoms. The number of hydrogen-bond donors (Lipinski definition) is 0. The van der Waals surface area contributed by atoms with Crippen LogP contribution in [0.2, 0.25) is 0 Å². The number of benzene rings is 10. The summed E-state index contributed by atoms with van der Waals surface area (Å²) in [5.74, 6) is 0. The monoisotopic (exact) mass is 568 g/mol. The van der Waals surface area contributed by atoms with Crippen molar-refractivity contribution >= 4 is 97.6 Å². The molecule has 10 rings (SSSR count). The molecule has 45 heavy (non-hydrogen) atoms. The summed E-state index contributed by atoms with van der Waals surface area (Å²) >= 11 is 0. The fourth-order valence-corrected chi connectivity index (χ4v) is 7.15. The van der Waals surface area contributed by atoms with Crippen molar-refractivity contribution in [3.05, 3.63) is 158 Å². The summed E-state index contributed by atoms with van der Waals surface area (Å²) in [5.41, 5.74) is 1.93. The van der Waals surface area contributed by atoms with Crippen LogP contribution in [0.25, 0.3) is 86.2 Å². The van der Waals surface area contributed by atoms with Gasteiger partial charge in [0.15, 0.2) is 0 Å². The number of fused-ring (bicyclic) bond motifs is 8. The van der Waals surface area contributed by atoms with Crippen molar-refractivity contribution in [3.63, 3.8) is 0 Å². The van der Waals surface area contributed by atoms with Crippen molar-refractivity contribution < 1.29 is 0 Å². The zero-order chi connectivity index (χ0) is 29.5. The fourth-order valence-electron chi connectivity index (χ4n) is 7.15. The molecule has 0 unspecified atom stereocenters. The van der Waals surface area contributed by atoms with Gasteiger partial charge < -0.3 is 0 Å². The van der Waals surface area contributed by atoms with Gasteiger partial charge in [-0.25, -0.2) is 5.32 Å². The van der Waals surface area contributed by atoms with Gasteiger partial charge in [0.25, 0.3) is 0 Å². The molecule has 10 aromatic carbocycles. The highest BCUT2D eigenvalue weighted by Crippen LogP contribution is 2.34. The van der Waals surface area contributed by atoms with E-state index < -0.39 is 0 Å². The predicted molar refractivity (Wildman–Crippen MR) is 194 cm³/mol. The normalized spacial score (nSPS) is 12.0. The van der Waals surface area contributed by atoms with Crippen LogP contribution < -0.4 is 5.32 Å². The third-order valence-corrected chi connectivity index (χ3v) is 9.46. The van der Waals surface area contributed by atoms with E-state index in [4.69, 9.17) is 5.32 Å². The largest absolute Gasteiger partial charge is 0.249 e. The van der Waals surface area contributed by atoms with Gasteiger partial charge in [0.1, 0.15) is 0 Å². The zero-order valence-electron chi connectivity index (χ0n) is 24.5. The minimum Gasteiger partial charge on any atom is -0.249 e. The Morgan fingerprint density at radius 2 is 0.422 bits per heavy atom. The number of hydrogen-bond acceptors (Lipinski definition) is 0. The molecule has 1 radical (unpaired) electrons. The fraction of sp³-hybridized carbons (Fsp3) is 0. The van der Waals surface area contributed by atoms with Gasteiger partial charge in [-0.15, -0.1) is 0 Å². The summed E-state index contributed by atoms with van der Waals surface area (Å²) in [6.45, 7) is 0. The van der Waals surface area contributed by atoms with Gasteiger partial charge in [0.2, 0.25) is 0 Å². The van der Waals surface area contributed by atoms with Crippen molar-refractivity contribution in [3.8, 4) is 0 Å². The van der Waals surface area contributed by atoms with E-state index in [1.54, 1.807) is 0 Å². The maximum Gasteiger partial charge on any atom is 0.0643 e. The Labute approximate surface area is 259 Å². The molecule has 10 aromatic rings. The van der Waals surface area contributed by atoms with Gasteiger partial charge in [0.05, 0.1) is 11.4 Å². The summed E-state index contributed by atoms with van der Waals surface area (Å²) in [6.07, 6.45) is 0. The van der Waals surface area contributed by atoms with Crippen LogP contribution in [0.1, 0.15) is 0 Å². The van der Waals surface area contributed by atoms with Crippen molar-refractivity contribution in [1.29, 1.82) is 0 Å². The van der Waals surface area contributed by atoms with Crippen molar-refractivity contribution in [2.75, 3.05) is 0 Å². The Morgan fingerprint density at radius 3 is 0.711 bits per heavy atom. The van der Waals surface area contributed by atoms with Crippen molar-refractivity contribution in [2.24, 2.45) is 0 Å². The van der Waals surface area contributed by atoms with Crippen LogP contribution in [0.3, 0.4) is 0 Å². The van der Waals surface area contributed by atoms with E-state index in [0.29, 0.717) is 0 Å². The molecule has 1 nitrogen and oxygen atoms in total. The molecule has 207 valence electrons. The van der Waals surface area contributed by atoms with Crippen LogP contribution >= 0.6 is 0 Å². The van der Waals surface area contributed by atoms with Crippen LogP contribution in [0.15, 0.2) is 158 Å². The summed E-state index contributed by atoms with van der Waals surface area (Å²) in [6, 6.07) is 57.9. The minimum atomic E-state index is 0.964. The molecule has 0 aliphatic heterocycles. The highest BCUT2D eigenvalue weighted by molar-refractivity contribution is 6.10. The summed E-state index contributed by atoms with van der Waals surface area (Å²) in [4.78, 5) is 0. The van der Waals surface area contributed by atoms with Gasteiger partial charge in [-0.1, -0.05) is 60.7 Å². The smallest absolute Gasteiger partial charge is 0.0643 e. The van der Waals surface area contributed by atoms with Gasteiger partial charge in [-0.2, -0.15) is 0 Å². The molecule has 0 saturated carbocycles. The van der Waals surface area contributed by atoms with Crippen LogP contribution in [0, 0.1) is 0 Å². The van der Waals surface area contributed by atoms with E-state index in [1.807, 2.05) is 0 Å². The summed E-state index contributed by atoms with van der Waals surface area (Å²) < 4.78 is 0. The molecule has 0 amide bonds. The predicted octanol–water partition coefficient (Wildman–Crippen LogP) is 12.5. The maximum absolute atomic E-state index is 5.07. The second kappa shape index (κ2) is 9.29. The Kier molecular flexibility index (Phi) is 5.06. The van der Waals surface area contributed by atoms with E-state index >= 15 is 0 Å². The Balaban J connectivity index is 1.02. The van der Waals surface area contributed by atoms with E-state index in [9.17, 15) is 0 Å². The highest BCUT2D eigenvalue weighted by atomic mass is 14.9. The molecule has 0 spiro atoms. The third kappa shape index (κ3) is 4.09. The molecule has 0 heterocycles. The van der Waals surface area contributed by atoms with E-state index in [2.05, 4.69) is 158 Å². The summed E-state index contributed by atoms with van der Waals surface area (Å²) in [7, 11) is 0. The number of nitrogens with zero attached hydrogens (tertiary/aromatic N) is 1. The van der Waals surface area contributed by atoms with Crippen LogP contribution in [-0.2, 0) is 0 Å². The number of rotatable bonds is 2. The lowest BCUT2D eigenvalue weighted by Crippen LogP contribution is -1.89. The van der Waals surface area contributed by atoms with Gasteiger partial charge in [-0.3, -0.25) is 0 Å². The first kappa shape index (κ1) is 24.5. The molecule has 0 atom stereocenters. The maximum atomic E-state index is 5.07. The first-order valence-electron chi connectivity index (χ1n) is 15.5. The van der Waals surface area contributed by atoms with Crippen LogP contribution in [-0.4, -0.2) is 0 Å².